The van der Waals surface area contributed by atoms with Crippen molar-refractivity contribution in [1.82, 2.24) is 4.72 Å². The lowest BCUT2D eigenvalue weighted by atomic mass is 10.2. The summed E-state index contributed by atoms with van der Waals surface area (Å²) in [6.45, 7) is 1.70. The minimum absolute atomic E-state index is 0.0465. The van der Waals surface area contributed by atoms with Gasteiger partial charge in [-0.1, -0.05) is 35.3 Å². The molecule has 0 radical (unpaired) electrons. The molecular formula is C16H16Cl2N2O4S. The number of amides is 1. The number of hydrogen-bond acceptors (Lipinski definition) is 5. The fourth-order valence-corrected chi connectivity index (χ4v) is 3.39. The first-order chi connectivity index (χ1) is 11.7. The van der Waals surface area contributed by atoms with Crippen LogP contribution in [-0.4, -0.2) is 20.4 Å². The van der Waals surface area contributed by atoms with E-state index in [0.29, 0.717) is 11.6 Å². The number of nitrogens with one attached hydrogen (secondary N) is 1. The summed E-state index contributed by atoms with van der Waals surface area (Å²) in [4.78, 5) is 12.1. The minimum Gasteiger partial charge on any atom is -0.479 e. The summed E-state index contributed by atoms with van der Waals surface area (Å²) in [7, 11) is -4.01. The molecule has 9 heteroatoms. The molecule has 6 nitrogen and oxygen atoms in total. The minimum atomic E-state index is -4.01. The van der Waals surface area contributed by atoms with Crippen LogP contribution in [0.15, 0.2) is 47.4 Å². The van der Waals surface area contributed by atoms with Crippen LogP contribution in [0.3, 0.4) is 0 Å². The van der Waals surface area contributed by atoms with Crippen molar-refractivity contribution in [2.24, 2.45) is 5.73 Å². The average molecular weight is 403 g/mol. The molecule has 0 aliphatic heterocycles. The van der Waals surface area contributed by atoms with Gasteiger partial charge in [0.05, 0.1) is 9.92 Å². The second kappa shape index (κ2) is 8.05. The fourth-order valence-electron chi connectivity index (χ4n) is 1.89. The third-order valence-electron chi connectivity index (χ3n) is 3.27. The molecule has 1 unspecified atom stereocenters. The maximum absolute atomic E-state index is 12.2. The van der Waals surface area contributed by atoms with E-state index in [2.05, 4.69) is 0 Å². The first-order valence-electron chi connectivity index (χ1n) is 7.20. The summed E-state index contributed by atoms with van der Waals surface area (Å²) in [6, 6.07) is 10.4. The number of rotatable bonds is 6. The lowest BCUT2D eigenvalue weighted by Crippen LogP contribution is -2.40. The molecule has 0 aliphatic rings. The predicted molar refractivity (Wildman–Crippen MR) is 96.2 cm³/mol. The van der Waals surface area contributed by atoms with Crippen molar-refractivity contribution in [2.75, 3.05) is 0 Å². The molecule has 1 atom stereocenters. The van der Waals surface area contributed by atoms with Crippen LogP contribution in [0.25, 0.3) is 0 Å². The second-order valence-corrected chi connectivity index (χ2v) is 7.68. The highest BCUT2D eigenvalue weighted by molar-refractivity contribution is 7.90. The molecule has 1 amide bonds. The molecule has 0 saturated heterocycles. The quantitative estimate of drug-likeness (QED) is 0.773. The third-order valence-corrected chi connectivity index (χ3v) is 5.16. The van der Waals surface area contributed by atoms with Gasteiger partial charge in [0, 0.05) is 11.6 Å². The summed E-state index contributed by atoms with van der Waals surface area (Å²) >= 11 is 11.8. The topological polar surface area (TPSA) is 98.5 Å². The molecule has 2 aromatic rings. The van der Waals surface area contributed by atoms with Gasteiger partial charge in [0.1, 0.15) is 5.75 Å². The van der Waals surface area contributed by atoms with Crippen LogP contribution in [0.4, 0.5) is 0 Å². The van der Waals surface area contributed by atoms with Gasteiger partial charge in [-0.15, -0.1) is 0 Å². The van der Waals surface area contributed by atoms with E-state index in [9.17, 15) is 13.2 Å². The van der Waals surface area contributed by atoms with Gasteiger partial charge in [-0.25, -0.2) is 13.1 Å². The molecule has 0 bridgehead atoms. The number of nitrogens with two attached hydrogens (primary N) is 1. The van der Waals surface area contributed by atoms with Crippen molar-refractivity contribution in [3.05, 3.63) is 58.1 Å². The van der Waals surface area contributed by atoms with E-state index >= 15 is 0 Å². The number of sulfonamides is 1. The van der Waals surface area contributed by atoms with Gasteiger partial charge in [-0.2, -0.15) is 0 Å². The Morgan fingerprint density at radius 3 is 2.40 bits per heavy atom. The Kier molecular flexibility index (Phi) is 6.29. The molecule has 0 aromatic heterocycles. The van der Waals surface area contributed by atoms with Gasteiger partial charge < -0.3 is 10.5 Å². The second-order valence-electron chi connectivity index (χ2n) is 5.15. The fraction of sp³-hybridized carbons (Fsp3) is 0.188. The predicted octanol–water partition coefficient (Wildman–Crippen LogP) is 2.72. The number of halogens is 2. The molecule has 0 heterocycles. The Labute approximate surface area is 155 Å². The van der Waals surface area contributed by atoms with Gasteiger partial charge in [-0.3, -0.25) is 4.79 Å². The zero-order chi connectivity index (χ0) is 18.6. The van der Waals surface area contributed by atoms with E-state index in [0.717, 1.165) is 5.56 Å². The number of hydrogen-bond donors (Lipinski definition) is 2. The highest BCUT2D eigenvalue weighted by atomic mass is 35.5. The van der Waals surface area contributed by atoms with Crippen LogP contribution >= 0.6 is 23.2 Å². The summed E-state index contributed by atoms with van der Waals surface area (Å²) in [5.41, 5.74) is 6.25. The molecule has 0 saturated carbocycles. The number of ether oxygens (including phenoxy) is 1. The van der Waals surface area contributed by atoms with Gasteiger partial charge in [0.2, 0.25) is 0 Å². The molecule has 0 aliphatic carbocycles. The molecule has 0 spiro atoms. The highest BCUT2D eigenvalue weighted by Gasteiger charge is 2.23. The normalized spacial score (nSPS) is 12.5. The lowest BCUT2D eigenvalue weighted by Gasteiger charge is -2.16. The Morgan fingerprint density at radius 2 is 1.84 bits per heavy atom. The van der Waals surface area contributed by atoms with Crippen LogP contribution in [0.5, 0.6) is 5.75 Å². The largest absolute Gasteiger partial charge is 0.479 e. The van der Waals surface area contributed by atoms with Crippen molar-refractivity contribution >= 4 is 39.1 Å². The maximum Gasteiger partial charge on any atom is 0.274 e. The number of carbonyl (C=O) groups excluding carboxylic acids is 1. The molecule has 134 valence electrons. The van der Waals surface area contributed by atoms with E-state index in [-0.39, 0.29) is 15.7 Å². The first-order valence-corrected chi connectivity index (χ1v) is 9.44. The smallest absolute Gasteiger partial charge is 0.274 e. The molecule has 25 heavy (non-hydrogen) atoms. The Balaban J connectivity index is 2.08. The highest BCUT2D eigenvalue weighted by Crippen LogP contribution is 2.28. The number of benzene rings is 2. The van der Waals surface area contributed by atoms with Crippen LogP contribution < -0.4 is 15.2 Å². The van der Waals surface area contributed by atoms with Crippen molar-refractivity contribution < 1.29 is 17.9 Å². The van der Waals surface area contributed by atoms with Crippen molar-refractivity contribution in [2.45, 2.75) is 24.5 Å². The Hall–Kier alpha value is -1.80. The van der Waals surface area contributed by atoms with Crippen molar-refractivity contribution in [3.8, 4) is 5.75 Å². The molecule has 3 N–H and O–H groups in total. The average Bonchev–Trinajstić information content (AvgIpc) is 2.57. The Bertz CT molecular complexity index is 870. The lowest BCUT2D eigenvalue weighted by molar-refractivity contribution is -0.125. The van der Waals surface area contributed by atoms with E-state index in [1.807, 2.05) is 4.72 Å². The van der Waals surface area contributed by atoms with Gasteiger partial charge >= 0.3 is 0 Å². The zero-order valence-electron chi connectivity index (χ0n) is 13.2. The molecule has 0 fully saturated rings. The monoisotopic (exact) mass is 402 g/mol. The van der Waals surface area contributed by atoms with E-state index in [4.69, 9.17) is 33.7 Å². The van der Waals surface area contributed by atoms with E-state index in [1.165, 1.54) is 31.2 Å². The molecule has 2 aromatic carbocycles. The van der Waals surface area contributed by atoms with Gasteiger partial charge in [-0.05, 0) is 42.8 Å². The van der Waals surface area contributed by atoms with Crippen molar-refractivity contribution in [1.29, 1.82) is 0 Å². The summed E-state index contributed by atoms with van der Waals surface area (Å²) < 4.78 is 31.9. The van der Waals surface area contributed by atoms with Crippen LogP contribution in [-0.2, 0) is 21.4 Å². The van der Waals surface area contributed by atoms with E-state index in [1.54, 1.807) is 18.2 Å². The van der Waals surface area contributed by atoms with Crippen LogP contribution in [0.1, 0.15) is 12.5 Å². The third kappa shape index (κ3) is 5.09. The standard InChI is InChI=1S/C16H16Cl2N2O4S/c1-10(24-15-7-4-12(17)8-14(15)18)16(21)20-25(22,23)13-5-2-11(9-19)3-6-13/h2-8,10H,9,19H2,1H3,(H,20,21). The summed E-state index contributed by atoms with van der Waals surface area (Å²) in [5, 5.41) is 0.630. The molecular weight excluding hydrogens is 387 g/mol. The Morgan fingerprint density at radius 1 is 1.20 bits per heavy atom. The summed E-state index contributed by atoms with van der Waals surface area (Å²) in [6.07, 6.45) is -1.09. The van der Waals surface area contributed by atoms with Gasteiger partial charge in [0.25, 0.3) is 15.9 Å². The number of carbonyl (C=O) groups is 1. The molecule has 2 rings (SSSR count). The van der Waals surface area contributed by atoms with Gasteiger partial charge in [0.15, 0.2) is 6.10 Å². The van der Waals surface area contributed by atoms with E-state index < -0.39 is 22.0 Å². The van der Waals surface area contributed by atoms with Crippen molar-refractivity contribution in [3.63, 3.8) is 0 Å². The SMILES string of the molecule is CC(Oc1ccc(Cl)cc1Cl)C(=O)NS(=O)(=O)c1ccc(CN)cc1. The first kappa shape index (κ1) is 19.5. The summed E-state index contributed by atoms with van der Waals surface area (Å²) in [5.74, 6) is -0.604. The van der Waals surface area contributed by atoms with Crippen LogP contribution in [0, 0.1) is 0 Å². The van der Waals surface area contributed by atoms with Crippen LogP contribution in [0.2, 0.25) is 10.0 Å². The maximum atomic E-state index is 12.2. The zero-order valence-corrected chi connectivity index (χ0v) is 15.5.